The Hall–Kier alpha value is -3.87. The molecule has 0 aliphatic rings. The molecule has 0 fully saturated rings. The molecular weight excluding hydrogens is 356 g/mol. The molecule has 0 radical (unpaired) electrons. The number of rotatable bonds is 5. The van der Waals surface area contributed by atoms with Crippen LogP contribution in [0.3, 0.4) is 0 Å². The van der Waals surface area contributed by atoms with E-state index in [0.29, 0.717) is 29.9 Å². The van der Waals surface area contributed by atoms with Crippen molar-refractivity contribution in [3.05, 3.63) is 94.7 Å². The van der Waals surface area contributed by atoms with Gasteiger partial charge in [-0.3, -0.25) is 9.55 Å². The fourth-order valence-corrected chi connectivity index (χ4v) is 2.90. The molecule has 2 aromatic heterocycles. The van der Waals surface area contributed by atoms with Crippen molar-refractivity contribution < 1.29 is 9.21 Å². The first-order valence-corrected chi connectivity index (χ1v) is 8.81. The zero-order valence-corrected chi connectivity index (χ0v) is 15.0. The molecule has 0 bridgehead atoms. The van der Waals surface area contributed by atoms with Crippen molar-refractivity contribution in [3.63, 3.8) is 0 Å². The first-order chi connectivity index (χ1) is 13.7. The van der Waals surface area contributed by atoms with Crippen molar-refractivity contribution in [1.82, 2.24) is 14.9 Å². The van der Waals surface area contributed by atoms with E-state index in [9.17, 15) is 9.59 Å². The van der Waals surface area contributed by atoms with Gasteiger partial charge >= 0.3 is 11.8 Å². The summed E-state index contributed by atoms with van der Waals surface area (Å²) in [4.78, 5) is 28.5. The highest BCUT2D eigenvalue weighted by Crippen LogP contribution is 2.19. The Morgan fingerprint density at radius 2 is 1.86 bits per heavy atom. The third-order valence-corrected chi connectivity index (χ3v) is 4.27. The molecular formula is C21H18N4O3. The number of benzene rings is 2. The second kappa shape index (κ2) is 7.79. The van der Waals surface area contributed by atoms with E-state index in [2.05, 4.69) is 15.6 Å². The van der Waals surface area contributed by atoms with Crippen molar-refractivity contribution >= 4 is 22.8 Å². The summed E-state index contributed by atoms with van der Waals surface area (Å²) in [6.07, 6.45) is 1.68. The minimum absolute atomic E-state index is 0.316. The monoisotopic (exact) mass is 374 g/mol. The normalized spacial score (nSPS) is 10.7. The summed E-state index contributed by atoms with van der Waals surface area (Å²) in [6, 6.07) is 19.9. The van der Waals surface area contributed by atoms with E-state index in [-0.39, 0.29) is 6.03 Å². The Morgan fingerprint density at radius 1 is 1.04 bits per heavy atom. The summed E-state index contributed by atoms with van der Waals surface area (Å²) in [7, 11) is 0. The van der Waals surface area contributed by atoms with Crippen molar-refractivity contribution in [3.8, 4) is 0 Å². The lowest BCUT2D eigenvalue weighted by Crippen LogP contribution is -2.28. The first-order valence-electron chi connectivity index (χ1n) is 8.81. The van der Waals surface area contributed by atoms with Gasteiger partial charge in [-0.2, -0.15) is 0 Å². The van der Waals surface area contributed by atoms with E-state index >= 15 is 0 Å². The van der Waals surface area contributed by atoms with Crippen LogP contribution in [0.1, 0.15) is 11.3 Å². The van der Waals surface area contributed by atoms with Gasteiger partial charge in [-0.15, -0.1) is 0 Å². The maximum Gasteiger partial charge on any atom is 0.420 e. The first kappa shape index (κ1) is 17.5. The molecule has 0 saturated carbocycles. The van der Waals surface area contributed by atoms with Crippen LogP contribution in [0.4, 0.5) is 10.5 Å². The van der Waals surface area contributed by atoms with E-state index in [0.717, 1.165) is 11.3 Å². The van der Waals surface area contributed by atoms with Crippen LogP contribution in [0, 0.1) is 0 Å². The van der Waals surface area contributed by atoms with Crippen molar-refractivity contribution in [2.24, 2.45) is 0 Å². The van der Waals surface area contributed by atoms with Gasteiger partial charge < -0.3 is 15.1 Å². The van der Waals surface area contributed by atoms with Gasteiger partial charge in [-0.05, 0) is 29.8 Å². The predicted octanol–water partition coefficient (Wildman–Crippen LogP) is 3.36. The number of oxazole rings is 1. The molecule has 0 unspecified atom stereocenters. The van der Waals surface area contributed by atoms with Crippen LogP contribution < -0.4 is 16.4 Å². The number of hydrogen-bond donors (Lipinski definition) is 2. The quantitative estimate of drug-likeness (QED) is 0.561. The smallest absolute Gasteiger partial charge is 0.408 e. The van der Waals surface area contributed by atoms with Crippen LogP contribution in [-0.2, 0) is 13.1 Å². The van der Waals surface area contributed by atoms with E-state index in [4.69, 9.17) is 4.42 Å². The van der Waals surface area contributed by atoms with Crippen LogP contribution in [-0.4, -0.2) is 15.6 Å². The number of anilines is 1. The van der Waals surface area contributed by atoms with Crippen LogP contribution in [0.2, 0.25) is 0 Å². The third kappa shape index (κ3) is 3.93. The molecule has 2 aromatic carbocycles. The predicted molar refractivity (Wildman–Crippen MR) is 106 cm³/mol. The Kier molecular flexibility index (Phi) is 4.88. The summed E-state index contributed by atoms with van der Waals surface area (Å²) < 4.78 is 6.84. The zero-order chi connectivity index (χ0) is 19.3. The van der Waals surface area contributed by atoms with E-state index in [1.54, 1.807) is 24.4 Å². The molecule has 7 nitrogen and oxygen atoms in total. The van der Waals surface area contributed by atoms with Gasteiger partial charge in [0, 0.05) is 24.5 Å². The molecule has 2 heterocycles. The molecule has 0 saturated heterocycles. The third-order valence-electron chi connectivity index (χ3n) is 4.27. The molecule has 0 aliphatic heterocycles. The van der Waals surface area contributed by atoms with Gasteiger partial charge in [-0.1, -0.05) is 36.4 Å². The zero-order valence-electron chi connectivity index (χ0n) is 15.0. The Labute approximate surface area is 160 Å². The lowest BCUT2D eigenvalue weighted by atomic mass is 10.2. The number of nitrogens with zero attached hydrogens (tertiary/aromatic N) is 2. The van der Waals surface area contributed by atoms with Gasteiger partial charge in [0.05, 0.1) is 17.8 Å². The van der Waals surface area contributed by atoms with Crippen molar-refractivity contribution in [2.75, 3.05) is 5.32 Å². The number of urea groups is 1. The average molecular weight is 374 g/mol. The average Bonchev–Trinajstić information content (AvgIpc) is 3.02. The second-order valence-corrected chi connectivity index (χ2v) is 6.25. The molecule has 0 aliphatic carbocycles. The molecule has 140 valence electrons. The van der Waals surface area contributed by atoms with Gasteiger partial charge in [0.2, 0.25) is 0 Å². The second-order valence-electron chi connectivity index (χ2n) is 6.25. The largest absolute Gasteiger partial charge is 0.420 e. The minimum Gasteiger partial charge on any atom is -0.408 e. The number of nitrogens with one attached hydrogen (secondary N) is 2. The lowest BCUT2D eigenvalue weighted by Gasteiger charge is -2.08. The highest BCUT2D eigenvalue weighted by atomic mass is 16.4. The summed E-state index contributed by atoms with van der Waals surface area (Å²) in [5.41, 5.74) is 3.35. The summed E-state index contributed by atoms with van der Waals surface area (Å²) >= 11 is 0. The summed E-state index contributed by atoms with van der Waals surface area (Å²) in [6.45, 7) is 0.738. The molecule has 28 heavy (non-hydrogen) atoms. The summed E-state index contributed by atoms with van der Waals surface area (Å²) in [5.74, 6) is -0.466. The highest BCUT2D eigenvalue weighted by Gasteiger charge is 2.12. The summed E-state index contributed by atoms with van der Waals surface area (Å²) in [5, 5.41) is 5.54. The lowest BCUT2D eigenvalue weighted by molar-refractivity contribution is 0.251. The fourth-order valence-electron chi connectivity index (χ4n) is 2.90. The van der Waals surface area contributed by atoms with Gasteiger partial charge in [-0.25, -0.2) is 9.59 Å². The van der Waals surface area contributed by atoms with Gasteiger partial charge in [0.25, 0.3) is 0 Å². The number of fused-ring (bicyclic) bond motifs is 1. The van der Waals surface area contributed by atoms with Gasteiger partial charge in [0.15, 0.2) is 5.58 Å². The number of pyridine rings is 1. The number of carbonyl (C=O) groups excluding carboxylic acids is 1. The van der Waals surface area contributed by atoms with E-state index < -0.39 is 5.76 Å². The molecule has 2 amide bonds. The van der Waals surface area contributed by atoms with Crippen molar-refractivity contribution in [2.45, 2.75) is 13.1 Å². The maximum atomic E-state index is 12.2. The Balaban J connectivity index is 1.47. The van der Waals surface area contributed by atoms with Crippen LogP contribution in [0.5, 0.6) is 0 Å². The van der Waals surface area contributed by atoms with Crippen molar-refractivity contribution in [1.29, 1.82) is 0 Å². The topological polar surface area (TPSA) is 89.2 Å². The Bertz CT molecular complexity index is 1150. The molecule has 7 heteroatoms. The SMILES string of the molecule is O=C(NCc1ccccc1)Nc1ccc2c(c1)oc(=O)n2Cc1ccccn1. The standard InChI is InChI=1S/C21H18N4O3/c26-20(23-13-15-6-2-1-3-7-15)24-16-9-10-18-19(12-16)28-21(27)25(18)14-17-8-4-5-11-22-17/h1-12H,13-14H2,(H2,23,24,26). The maximum absolute atomic E-state index is 12.2. The number of amides is 2. The highest BCUT2D eigenvalue weighted by molar-refractivity contribution is 5.91. The van der Waals surface area contributed by atoms with Crippen LogP contribution >= 0.6 is 0 Å². The number of hydrogen-bond acceptors (Lipinski definition) is 4. The Morgan fingerprint density at radius 3 is 2.64 bits per heavy atom. The molecule has 4 rings (SSSR count). The number of carbonyl (C=O) groups is 1. The number of aromatic nitrogens is 2. The van der Waals surface area contributed by atoms with E-state index in [1.807, 2.05) is 48.5 Å². The van der Waals surface area contributed by atoms with Gasteiger partial charge in [0.1, 0.15) is 0 Å². The molecule has 0 atom stereocenters. The van der Waals surface area contributed by atoms with E-state index in [1.165, 1.54) is 4.57 Å². The fraction of sp³-hybridized carbons (Fsp3) is 0.0952. The molecule has 4 aromatic rings. The molecule has 2 N–H and O–H groups in total. The van der Waals surface area contributed by atoms with Crippen LogP contribution in [0.15, 0.2) is 82.1 Å². The minimum atomic E-state index is -0.466. The van der Waals surface area contributed by atoms with Crippen LogP contribution in [0.25, 0.3) is 11.1 Å². The molecule has 0 spiro atoms.